The number of hydrogen-bond donors (Lipinski definition) is 0. The molecule has 0 amide bonds. The Labute approximate surface area is 108 Å². The smallest absolute Gasteiger partial charge is 0.0753 e. The Bertz CT molecular complexity index is 393. The molecular weight excluding hydrogens is 226 g/mol. The van der Waals surface area contributed by atoms with Crippen LogP contribution >= 0.6 is 11.8 Å². The Morgan fingerprint density at radius 2 is 1.76 bits per heavy atom. The van der Waals surface area contributed by atoms with Gasteiger partial charge in [-0.25, -0.2) is 0 Å². The van der Waals surface area contributed by atoms with Crippen molar-refractivity contribution < 1.29 is 0 Å². The van der Waals surface area contributed by atoms with E-state index in [2.05, 4.69) is 53.1 Å². The quantitative estimate of drug-likeness (QED) is 0.783. The molecule has 2 aliphatic rings. The van der Waals surface area contributed by atoms with E-state index in [4.69, 9.17) is 0 Å². The molecule has 1 fully saturated rings. The van der Waals surface area contributed by atoms with Gasteiger partial charge >= 0.3 is 0 Å². The third-order valence-electron chi connectivity index (χ3n) is 3.65. The molecule has 90 valence electrons. The largest absolute Gasteiger partial charge is 0.288 e. The molecule has 1 saturated heterocycles. The van der Waals surface area contributed by atoms with Crippen LogP contribution in [0.15, 0.2) is 36.4 Å². The summed E-state index contributed by atoms with van der Waals surface area (Å²) in [6, 6.07) is 10.8. The highest BCUT2D eigenvalue weighted by molar-refractivity contribution is 8.00. The van der Waals surface area contributed by atoms with Crippen molar-refractivity contribution in [1.29, 1.82) is 0 Å². The van der Waals surface area contributed by atoms with Crippen molar-refractivity contribution in [2.24, 2.45) is 0 Å². The molecule has 1 atom stereocenters. The third-order valence-corrected chi connectivity index (χ3v) is 4.90. The van der Waals surface area contributed by atoms with E-state index < -0.39 is 0 Å². The van der Waals surface area contributed by atoms with Gasteiger partial charge in [0.1, 0.15) is 0 Å². The first kappa shape index (κ1) is 11.4. The number of piperidine rings is 1. The monoisotopic (exact) mass is 245 g/mol. The Hall–Kier alpha value is -0.730. The summed E-state index contributed by atoms with van der Waals surface area (Å²) in [7, 11) is 0. The zero-order chi connectivity index (χ0) is 11.5. The first-order valence-electron chi connectivity index (χ1n) is 6.55. The normalized spacial score (nSPS) is 25.9. The number of rotatable bonds is 2. The molecule has 0 aliphatic carbocycles. The lowest BCUT2D eigenvalue weighted by atomic mass is 10.1. The van der Waals surface area contributed by atoms with Crippen LogP contribution < -0.4 is 0 Å². The van der Waals surface area contributed by atoms with Crippen LogP contribution in [0.4, 0.5) is 0 Å². The second-order valence-corrected chi connectivity index (χ2v) is 5.96. The Kier molecular flexibility index (Phi) is 3.53. The van der Waals surface area contributed by atoms with E-state index in [9.17, 15) is 0 Å². The zero-order valence-corrected chi connectivity index (χ0v) is 11.0. The van der Waals surface area contributed by atoms with Crippen molar-refractivity contribution in [1.82, 2.24) is 4.90 Å². The molecule has 2 heteroatoms. The predicted octanol–water partition coefficient (Wildman–Crippen LogP) is 3.63. The topological polar surface area (TPSA) is 3.24 Å². The van der Waals surface area contributed by atoms with E-state index in [1.165, 1.54) is 49.2 Å². The van der Waals surface area contributed by atoms with Crippen LogP contribution in [0.5, 0.6) is 0 Å². The first-order chi connectivity index (χ1) is 8.43. The minimum atomic E-state index is 0.630. The molecule has 0 radical (unpaired) electrons. The molecule has 17 heavy (non-hydrogen) atoms. The number of benzene rings is 1. The number of thioether (sulfide) groups is 1. The van der Waals surface area contributed by atoms with Crippen molar-refractivity contribution in [3.05, 3.63) is 42.0 Å². The molecule has 1 unspecified atom stereocenters. The molecule has 0 N–H and O–H groups in total. The van der Waals surface area contributed by atoms with Gasteiger partial charge in [0.15, 0.2) is 0 Å². The molecule has 0 saturated carbocycles. The average Bonchev–Trinajstić information content (AvgIpc) is 2.90. The predicted molar refractivity (Wildman–Crippen MR) is 76.1 cm³/mol. The van der Waals surface area contributed by atoms with Crippen molar-refractivity contribution in [2.45, 2.75) is 24.6 Å². The second kappa shape index (κ2) is 5.28. The van der Waals surface area contributed by atoms with Crippen molar-refractivity contribution in [3.63, 3.8) is 0 Å². The van der Waals surface area contributed by atoms with Gasteiger partial charge in [0.25, 0.3) is 0 Å². The molecular formula is C15H19NS. The van der Waals surface area contributed by atoms with Gasteiger partial charge in [0.2, 0.25) is 0 Å². The van der Waals surface area contributed by atoms with Crippen LogP contribution in [0.1, 0.15) is 24.8 Å². The Morgan fingerprint density at radius 1 is 1.00 bits per heavy atom. The highest BCUT2D eigenvalue weighted by Crippen LogP contribution is 2.34. The molecule has 1 aromatic rings. The summed E-state index contributed by atoms with van der Waals surface area (Å²) in [4.78, 5) is 2.64. The van der Waals surface area contributed by atoms with E-state index in [0.29, 0.717) is 5.37 Å². The maximum absolute atomic E-state index is 2.64. The van der Waals surface area contributed by atoms with Crippen molar-refractivity contribution in [2.75, 3.05) is 18.8 Å². The summed E-state index contributed by atoms with van der Waals surface area (Å²) < 4.78 is 0. The summed E-state index contributed by atoms with van der Waals surface area (Å²) in [6.45, 7) is 2.58. The molecule has 3 rings (SSSR count). The van der Waals surface area contributed by atoms with Crippen LogP contribution in [0, 0.1) is 0 Å². The number of likely N-dealkylation sites (tertiary alicyclic amines) is 1. The van der Waals surface area contributed by atoms with Gasteiger partial charge in [-0.1, -0.05) is 42.8 Å². The van der Waals surface area contributed by atoms with Crippen LogP contribution in [0.3, 0.4) is 0 Å². The average molecular weight is 245 g/mol. The molecule has 0 bridgehead atoms. The highest BCUT2D eigenvalue weighted by Gasteiger charge is 2.24. The molecule has 1 nitrogen and oxygen atoms in total. The SMILES string of the molecule is C1=C(c2ccccc2)CSC1N1CCCCC1. The van der Waals surface area contributed by atoms with E-state index in [1.807, 2.05) is 0 Å². The van der Waals surface area contributed by atoms with E-state index >= 15 is 0 Å². The second-order valence-electron chi connectivity index (χ2n) is 4.86. The van der Waals surface area contributed by atoms with Crippen molar-refractivity contribution >= 4 is 17.3 Å². The van der Waals surface area contributed by atoms with E-state index in [1.54, 1.807) is 0 Å². The number of nitrogens with zero attached hydrogens (tertiary/aromatic N) is 1. The molecule has 0 spiro atoms. The minimum Gasteiger partial charge on any atom is -0.288 e. The summed E-state index contributed by atoms with van der Waals surface area (Å²) in [5, 5.41) is 0.630. The van der Waals surface area contributed by atoms with Crippen LogP contribution in [-0.4, -0.2) is 29.1 Å². The van der Waals surface area contributed by atoms with Crippen LogP contribution in [0.25, 0.3) is 5.57 Å². The fraction of sp³-hybridized carbons (Fsp3) is 0.467. The summed E-state index contributed by atoms with van der Waals surface area (Å²) in [5.41, 5.74) is 2.92. The van der Waals surface area contributed by atoms with Gasteiger partial charge < -0.3 is 0 Å². The van der Waals surface area contributed by atoms with Gasteiger partial charge in [0.05, 0.1) is 5.37 Å². The lowest BCUT2D eigenvalue weighted by molar-refractivity contribution is 0.236. The lowest BCUT2D eigenvalue weighted by Gasteiger charge is -2.30. The highest BCUT2D eigenvalue weighted by atomic mass is 32.2. The third kappa shape index (κ3) is 2.58. The van der Waals surface area contributed by atoms with Gasteiger partial charge in [-0.2, -0.15) is 0 Å². The fourth-order valence-electron chi connectivity index (χ4n) is 2.66. The van der Waals surface area contributed by atoms with Gasteiger partial charge in [-0.15, -0.1) is 11.8 Å². The molecule has 1 aromatic carbocycles. The Balaban J connectivity index is 1.72. The minimum absolute atomic E-state index is 0.630. The lowest BCUT2D eigenvalue weighted by Crippen LogP contribution is -2.35. The summed E-state index contributed by atoms with van der Waals surface area (Å²) >= 11 is 2.09. The van der Waals surface area contributed by atoms with Crippen molar-refractivity contribution in [3.8, 4) is 0 Å². The maximum Gasteiger partial charge on any atom is 0.0753 e. The molecule has 2 aliphatic heterocycles. The Morgan fingerprint density at radius 3 is 2.53 bits per heavy atom. The summed E-state index contributed by atoms with van der Waals surface area (Å²) in [6.07, 6.45) is 6.66. The van der Waals surface area contributed by atoms with Gasteiger partial charge in [0, 0.05) is 5.75 Å². The van der Waals surface area contributed by atoms with E-state index in [-0.39, 0.29) is 0 Å². The maximum atomic E-state index is 2.64. The van der Waals surface area contributed by atoms with Crippen LogP contribution in [0.2, 0.25) is 0 Å². The number of hydrogen-bond acceptors (Lipinski definition) is 2. The van der Waals surface area contributed by atoms with E-state index in [0.717, 1.165) is 0 Å². The zero-order valence-electron chi connectivity index (χ0n) is 10.1. The summed E-state index contributed by atoms with van der Waals surface area (Å²) in [5.74, 6) is 1.17. The van der Waals surface area contributed by atoms with Crippen LogP contribution in [-0.2, 0) is 0 Å². The standard InChI is InChI=1S/C15H19NS/c1-3-7-13(8-4-1)14-11-15(17-12-14)16-9-5-2-6-10-16/h1,3-4,7-8,11,15H,2,5-6,9-10,12H2. The van der Waals surface area contributed by atoms with Gasteiger partial charge in [-0.3, -0.25) is 4.90 Å². The fourth-order valence-corrected chi connectivity index (χ4v) is 3.95. The first-order valence-corrected chi connectivity index (χ1v) is 7.60. The molecule has 2 heterocycles. The van der Waals surface area contributed by atoms with Gasteiger partial charge in [-0.05, 0) is 37.1 Å². The molecule has 0 aromatic heterocycles.